The molecule has 0 fully saturated rings. The maximum absolute atomic E-state index is 8.99. The Bertz CT molecular complexity index is 71.3. The Labute approximate surface area is 62.0 Å². The minimum absolute atomic E-state index is 0.269. The second kappa shape index (κ2) is 5.65. The summed E-state index contributed by atoms with van der Waals surface area (Å²) in [5.74, 6) is 0. The van der Waals surface area contributed by atoms with Gasteiger partial charge in [-0.15, -0.1) is 0 Å². The van der Waals surface area contributed by atoms with Gasteiger partial charge in [0.2, 0.25) is 0 Å². The standard InChI is InChI=1S/C7H16O3/c1-4-6(8)10-7(5-2)9-3/h6-8H,4-5H2,1-3H3/t6-,7+/m1/s1. The molecule has 10 heavy (non-hydrogen) atoms. The van der Waals surface area contributed by atoms with E-state index in [-0.39, 0.29) is 6.29 Å². The third-order valence-corrected chi connectivity index (χ3v) is 1.25. The molecule has 0 spiro atoms. The smallest absolute Gasteiger partial charge is 0.160 e. The summed E-state index contributed by atoms with van der Waals surface area (Å²) < 4.78 is 9.92. The predicted molar refractivity (Wildman–Crippen MR) is 38.5 cm³/mol. The van der Waals surface area contributed by atoms with Gasteiger partial charge in [0.1, 0.15) is 0 Å². The van der Waals surface area contributed by atoms with E-state index in [9.17, 15) is 0 Å². The zero-order valence-corrected chi connectivity index (χ0v) is 6.83. The van der Waals surface area contributed by atoms with Gasteiger partial charge in [-0.2, -0.15) is 0 Å². The van der Waals surface area contributed by atoms with E-state index in [2.05, 4.69) is 0 Å². The summed E-state index contributed by atoms with van der Waals surface area (Å²) in [7, 11) is 1.57. The van der Waals surface area contributed by atoms with Gasteiger partial charge in [-0.3, -0.25) is 0 Å². The van der Waals surface area contributed by atoms with Crippen molar-refractivity contribution in [2.45, 2.75) is 39.3 Å². The molecule has 0 unspecified atom stereocenters. The number of aliphatic hydroxyl groups is 1. The molecular weight excluding hydrogens is 132 g/mol. The van der Waals surface area contributed by atoms with Crippen molar-refractivity contribution >= 4 is 0 Å². The summed E-state index contributed by atoms with van der Waals surface area (Å²) in [6.07, 6.45) is 0.396. The topological polar surface area (TPSA) is 38.7 Å². The predicted octanol–water partition coefficient (Wildman–Crippen LogP) is 1.11. The van der Waals surface area contributed by atoms with Gasteiger partial charge in [0.25, 0.3) is 0 Å². The minimum Gasteiger partial charge on any atom is -0.368 e. The third kappa shape index (κ3) is 3.82. The maximum atomic E-state index is 8.99. The first-order valence-corrected chi connectivity index (χ1v) is 3.60. The van der Waals surface area contributed by atoms with Crippen molar-refractivity contribution < 1.29 is 14.6 Å². The van der Waals surface area contributed by atoms with Gasteiger partial charge in [0.15, 0.2) is 12.6 Å². The molecule has 0 saturated heterocycles. The number of hydrogen-bond acceptors (Lipinski definition) is 3. The molecule has 0 amide bonds. The molecular formula is C7H16O3. The van der Waals surface area contributed by atoms with Crippen molar-refractivity contribution in [3.63, 3.8) is 0 Å². The van der Waals surface area contributed by atoms with E-state index in [0.717, 1.165) is 6.42 Å². The van der Waals surface area contributed by atoms with E-state index in [1.165, 1.54) is 0 Å². The number of aliphatic hydroxyl groups excluding tert-OH is 1. The fourth-order valence-corrected chi connectivity index (χ4v) is 0.590. The van der Waals surface area contributed by atoms with Crippen LogP contribution in [-0.2, 0) is 9.47 Å². The van der Waals surface area contributed by atoms with E-state index >= 15 is 0 Å². The average molecular weight is 148 g/mol. The first-order chi connectivity index (χ1) is 4.74. The Kier molecular flexibility index (Phi) is 5.58. The molecule has 0 aliphatic carbocycles. The molecule has 3 nitrogen and oxygen atoms in total. The van der Waals surface area contributed by atoms with E-state index in [1.807, 2.05) is 13.8 Å². The molecule has 0 rings (SSSR count). The number of methoxy groups -OCH3 is 1. The highest BCUT2D eigenvalue weighted by atomic mass is 16.7. The molecule has 0 bridgehead atoms. The van der Waals surface area contributed by atoms with Crippen molar-refractivity contribution in [3.05, 3.63) is 0 Å². The minimum atomic E-state index is -0.690. The maximum Gasteiger partial charge on any atom is 0.160 e. The van der Waals surface area contributed by atoms with Crippen LogP contribution in [0.15, 0.2) is 0 Å². The van der Waals surface area contributed by atoms with Crippen molar-refractivity contribution in [2.24, 2.45) is 0 Å². The monoisotopic (exact) mass is 148 g/mol. The first kappa shape index (κ1) is 9.88. The zero-order chi connectivity index (χ0) is 7.98. The first-order valence-electron chi connectivity index (χ1n) is 3.60. The molecule has 0 aliphatic heterocycles. The Balaban J connectivity index is 3.41. The third-order valence-electron chi connectivity index (χ3n) is 1.25. The van der Waals surface area contributed by atoms with Crippen molar-refractivity contribution in [2.75, 3.05) is 7.11 Å². The van der Waals surface area contributed by atoms with Gasteiger partial charge in [-0.1, -0.05) is 13.8 Å². The van der Waals surface area contributed by atoms with E-state index in [1.54, 1.807) is 7.11 Å². The summed E-state index contributed by atoms with van der Waals surface area (Å²) in [4.78, 5) is 0. The lowest BCUT2D eigenvalue weighted by atomic mass is 10.4. The summed E-state index contributed by atoms with van der Waals surface area (Å²) in [5.41, 5.74) is 0. The van der Waals surface area contributed by atoms with Crippen LogP contribution >= 0.6 is 0 Å². The zero-order valence-electron chi connectivity index (χ0n) is 6.83. The molecule has 3 heteroatoms. The lowest BCUT2D eigenvalue weighted by Gasteiger charge is -2.17. The van der Waals surface area contributed by atoms with Crippen LogP contribution in [0.2, 0.25) is 0 Å². The normalized spacial score (nSPS) is 16.8. The quantitative estimate of drug-likeness (QED) is 0.594. The second-order valence-electron chi connectivity index (χ2n) is 2.07. The van der Waals surface area contributed by atoms with Crippen LogP contribution in [0.4, 0.5) is 0 Å². The van der Waals surface area contributed by atoms with Gasteiger partial charge in [0.05, 0.1) is 0 Å². The highest BCUT2D eigenvalue weighted by Gasteiger charge is 2.08. The second-order valence-corrected chi connectivity index (χ2v) is 2.07. The van der Waals surface area contributed by atoms with E-state index < -0.39 is 6.29 Å². The lowest BCUT2D eigenvalue weighted by Crippen LogP contribution is -2.22. The van der Waals surface area contributed by atoms with Crippen molar-refractivity contribution in [1.82, 2.24) is 0 Å². The fraction of sp³-hybridized carbons (Fsp3) is 1.00. The summed E-state index contributed by atoms with van der Waals surface area (Å²) in [5, 5.41) is 8.99. The van der Waals surface area contributed by atoms with Crippen LogP contribution in [0, 0.1) is 0 Å². The number of rotatable bonds is 5. The summed E-state index contributed by atoms with van der Waals surface area (Å²) >= 11 is 0. The lowest BCUT2D eigenvalue weighted by molar-refractivity contribution is -0.219. The molecule has 0 aromatic rings. The SMILES string of the molecule is CC[C@@H](OC)O[C@@H](O)CC. The van der Waals surface area contributed by atoms with Crippen LogP contribution in [0.3, 0.4) is 0 Å². The Hall–Kier alpha value is -0.120. The molecule has 0 radical (unpaired) electrons. The molecule has 1 N–H and O–H groups in total. The fourth-order valence-electron chi connectivity index (χ4n) is 0.590. The molecule has 0 saturated carbocycles. The molecule has 2 atom stereocenters. The molecule has 0 heterocycles. The largest absolute Gasteiger partial charge is 0.368 e. The van der Waals surface area contributed by atoms with E-state index in [4.69, 9.17) is 14.6 Å². The highest BCUT2D eigenvalue weighted by Crippen LogP contribution is 2.03. The van der Waals surface area contributed by atoms with Crippen molar-refractivity contribution in [1.29, 1.82) is 0 Å². The van der Waals surface area contributed by atoms with Crippen LogP contribution in [-0.4, -0.2) is 24.8 Å². The molecule has 62 valence electrons. The van der Waals surface area contributed by atoms with Gasteiger partial charge in [0, 0.05) is 7.11 Å². The summed E-state index contributed by atoms with van der Waals surface area (Å²) in [6, 6.07) is 0. The van der Waals surface area contributed by atoms with Gasteiger partial charge >= 0.3 is 0 Å². The molecule has 0 aliphatic rings. The number of hydrogen-bond donors (Lipinski definition) is 1. The highest BCUT2D eigenvalue weighted by molar-refractivity contribution is 4.40. The van der Waals surface area contributed by atoms with Gasteiger partial charge < -0.3 is 14.6 Å². The Morgan fingerprint density at radius 1 is 1.30 bits per heavy atom. The summed E-state index contributed by atoms with van der Waals surface area (Å²) in [6.45, 7) is 3.80. The van der Waals surface area contributed by atoms with Crippen LogP contribution in [0.5, 0.6) is 0 Å². The van der Waals surface area contributed by atoms with Crippen molar-refractivity contribution in [3.8, 4) is 0 Å². The van der Waals surface area contributed by atoms with Crippen LogP contribution in [0.1, 0.15) is 26.7 Å². The van der Waals surface area contributed by atoms with Crippen LogP contribution in [0.25, 0.3) is 0 Å². The van der Waals surface area contributed by atoms with Gasteiger partial charge in [-0.05, 0) is 12.8 Å². The number of ether oxygens (including phenoxy) is 2. The molecule has 0 aromatic carbocycles. The Morgan fingerprint density at radius 2 is 1.90 bits per heavy atom. The molecule has 0 aromatic heterocycles. The average Bonchev–Trinajstić information content (AvgIpc) is 1.99. The van der Waals surface area contributed by atoms with Gasteiger partial charge in [-0.25, -0.2) is 0 Å². The van der Waals surface area contributed by atoms with Crippen LogP contribution < -0.4 is 0 Å². The van der Waals surface area contributed by atoms with E-state index in [0.29, 0.717) is 6.42 Å². The Morgan fingerprint density at radius 3 is 2.20 bits per heavy atom.